The van der Waals surface area contributed by atoms with Crippen molar-refractivity contribution < 1.29 is 30.0 Å². The average Bonchev–Trinajstić information content (AvgIpc) is 0.834. The quantitative estimate of drug-likeness (QED) is 0.0370. The molecule has 126 heavy (non-hydrogen) atoms. The third-order valence-corrected chi connectivity index (χ3v) is 30.4. The number of halogens is 3. The fourth-order valence-corrected chi connectivity index (χ4v) is 23.6. The summed E-state index contributed by atoms with van der Waals surface area (Å²) in [5.41, 5.74) is 6.22. The second kappa shape index (κ2) is 51.5. The van der Waals surface area contributed by atoms with Crippen LogP contribution in [0.5, 0.6) is 0 Å². The molecule has 13 heteroatoms. The first kappa shape index (κ1) is 93.3. The Kier molecular flexibility index (Phi) is 38.2. The molecular formula is C113H88Br3N3O2P4Pd. The summed E-state index contributed by atoms with van der Waals surface area (Å²) in [6.07, 6.45) is 5.24. The number of rotatable bonds is 18. The zero-order valence-corrected chi connectivity index (χ0v) is 78.6. The van der Waals surface area contributed by atoms with Gasteiger partial charge in [0.25, 0.3) is 0 Å². The minimum atomic E-state index is -0.446. The van der Waals surface area contributed by atoms with Gasteiger partial charge in [-0.15, -0.1) is 0 Å². The number of pyridine rings is 3. The van der Waals surface area contributed by atoms with E-state index < -0.39 is 31.7 Å². The van der Waals surface area contributed by atoms with Crippen LogP contribution in [0.15, 0.2) is 548 Å². The number of carbonyl (C=O) groups excluding carboxylic acids is 2. The van der Waals surface area contributed by atoms with Crippen LogP contribution in [-0.2, 0) is 20.4 Å². The van der Waals surface area contributed by atoms with Crippen molar-refractivity contribution in [3.8, 4) is 22.5 Å². The van der Waals surface area contributed by atoms with Gasteiger partial charge in [-0.2, -0.15) is 0 Å². The van der Waals surface area contributed by atoms with Gasteiger partial charge >= 0.3 is 0 Å². The Hall–Kier alpha value is -11.9. The van der Waals surface area contributed by atoms with E-state index in [1.54, 1.807) is 18.6 Å². The zero-order valence-electron chi connectivity index (χ0n) is 68.7. The standard InChI is InChI=1S/C23H16N2O.4C18H15P.C13H8Br2O.C5H4BrN.Pd/c26-23(19-9-5-7-17(15-19)21-11-1-3-13-24-21)20-10-6-8-18(16-20)22-12-2-4-14-25-22;4*1-4-10-16(11-5-1)19(17-12-6-2-7-13-17)18-14-8-3-9-15-18;14-11-5-1-3-9(7-11)13(16)10-4-2-6-12(15)8-10;6-5-3-1-2-4-7-5;/h1-16H;4*1-15H;1-8H;1-4H;. The van der Waals surface area contributed by atoms with E-state index in [9.17, 15) is 9.59 Å². The Morgan fingerprint density at radius 3 is 0.532 bits per heavy atom. The van der Waals surface area contributed by atoms with Crippen LogP contribution in [0.2, 0.25) is 0 Å². The summed E-state index contributed by atoms with van der Waals surface area (Å²) in [7, 11) is -1.78. The normalized spacial score (nSPS) is 10.3. The molecule has 19 rings (SSSR count). The first-order valence-electron chi connectivity index (χ1n) is 40.7. The Balaban J connectivity index is 0.000000136. The first-order valence-corrected chi connectivity index (χ1v) is 48.4. The van der Waals surface area contributed by atoms with Crippen LogP contribution in [-0.4, -0.2) is 26.5 Å². The molecule has 0 fully saturated rings. The van der Waals surface area contributed by atoms with Gasteiger partial charge in [0.2, 0.25) is 0 Å². The fraction of sp³-hybridized carbons (Fsp3) is 0. The van der Waals surface area contributed by atoms with Gasteiger partial charge in [0.05, 0.1) is 11.4 Å². The molecule has 0 aliphatic rings. The van der Waals surface area contributed by atoms with Crippen LogP contribution in [0.3, 0.4) is 0 Å². The van der Waals surface area contributed by atoms with Crippen LogP contribution in [0.25, 0.3) is 22.5 Å². The van der Waals surface area contributed by atoms with Crippen molar-refractivity contribution in [1.82, 2.24) is 15.0 Å². The number of aromatic nitrogens is 3. The van der Waals surface area contributed by atoms with E-state index in [2.05, 4.69) is 427 Å². The Labute approximate surface area is 785 Å². The molecule has 16 aromatic carbocycles. The number of ketones is 2. The molecule has 0 amide bonds. The summed E-state index contributed by atoms with van der Waals surface area (Å²) in [6.45, 7) is 0. The van der Waals surface area contributed by atoms with Gasteiger partial charge in [0.1, 0.15) is 4.60 Å². The van der Waals surface area contributed by atoms with Gasteiger partial charge < -0.3 is 0 Å². The van der Waals surface area contributed by atoms with E-state index in [0.717, 1.165) is 36.1 Å². The molecule has 0 bridgehead atoms. The molecule has 19 aromatic rings. The summed E-state index contributed by atoms with van der Waals surface area (Å²) < 4.78 is 2.71. The van der Waals surface area contributed by atoms with Crippen molar-refractivity contribution in [1.29, 1.82) is 0 Å². The molecule has 618 valence electrons. The van der Waals surface area contributed by atoms with Crippen LogP contribution < -0.4 is 63.7 Å². The topological polar surface area (TPSA) is 72.8 Å². The van der Waals surface area contributed by atoms with Crippen molar-refractivity contribution in [2.45, 2.75) is 0 Å². The average molecular weight is 1990 g/mol. The second-order valence-corrected chi connectivity index (χ2v) is 39.3. The van der Waals surface area contributed by atoms with Crippen molar-refractivity contribution in [3.63, 3.8) is 0 Å². The van der Waals surface area contributed by atoms with Gasteiger partial charge in [0, 0.05) is 81.3 Å². The number of benzene rings is 16. The van der Waals surface area contributed by atoms with Gasteiger partial charge in [-0.3, -0.25) is 19.6 Å². The molecule has 0 unspecified atom stereocenters. The van der Waals surface area contributed by atoms with Crippen LogP contribution in [0, 0.1) is 0 Å². The van der Waals surface area contributed by atoms with E-state index in [1.807, 2.05) is 152 Å². The third kappa shape index (κ3) is 28.6. The summed E-state index contributed by atoms with van der Waals surface area (Å²) >= 11 is 9.91. The number of carbonyl (C=O) groups is 2. The van der Waals surface area contributed by atoms with Crippen molar-refractivity contribution >= 4 is 155 Å². The van der Waals surface area contributed by atoms with Crippen LogP contribution >= 0.6 is 79.5 Å². The Morgan fingerprint density at radius 2 is 0.365 bits per heavy atom. The molecule has 0 saturated heterocycles. The molecule has 0 atom stereocenters. The van der Waals surface area contributed by atoms with Crippen LogP contribution in [0.4, 0.5) is 0 Å². The SMILES string of the molecule is Brc1ccccn1.O=C(c1cccc(-c2ccccn2)c1)c1cccc(-c2ccccn2)c1.O=C(c1cccc(Br)c1)c1cccc(Br)c1.[Pd].c1ccc(P(c2ccccc2)c2ccccc2)cc1.c1ccc(P(c2ccccc2)c2ccccc2)cc1.c1ccc(P(c2ccccc2)c2ccccc2)cc1.c1ccc(P(c2ccccc2)c2ccccc2)cc1. The molecule has 3 heterocycles. The molecule has 0 N–H and O–H groups in total. The summed E-state index contributed by atoms with van der Waals surface area (Å²) in [4.78, 5) is 37.7. The zero-order chi connectivity index (χ0) is 86.1. The van der Waals surface area contributed by atoms with E-state index in [0.29, 0.717) is 22.3 Å². The first-order chi connectivity index (χ1) is 61.7. The van der Waals surface area contributed by atoms with Crippen molar-refractivity contribution in [2.24, 2.45) is 0 Å². The van der Waals surface area contributed by atoms with E-state index in [1.165, 1.54) is 63.7 Å². The Bertz CT molecular complexity index is 5360. The number of nitrogens with zero attached hydrogens (tertiary/aromatic N) is 3. The van der Waals surface area contributed by atoms with Crippen molar-refractivity contribution in [3.05, 3.63) is 570 Å². The smallest absolute Gasteiger partial charge is 0.193 e. The van der Waals surface area contributed by atoms with Gasteiger partial charge in [-0.25, -0.2) is 4.98 Å². The monoisotopic (exact) mass is 1990 g/mol. The number of hydrogen-bond donors (Lipinski definition) is 0. The molecule has 3 aromatic heterocycles. The molecule has 0 aliphatic carbocycles. The molecule has 0 saturated carbocycles. The van der Waals surface area contributed by atoms with Gasteiger partial charge in [-0.05, 0) is 184 Å². The van der Waals surface area contributed by atoms with Gasteiger partial charge in [0.15, 0.2) is 11.6 Å². The predicted octanol–water partition coefficient (Wildman–Crippen LogP) is 25.1. The molecule has 0 radical (unpaired) electrons. The predicted molar refractivity (Wildman–Crippen MR) is 547 cm³/mol. The minimum Gasteiger partial charge on any atom is -0.289 e. The molecule has 0 aliphatic heterocycles. The van der Waals surface area contributed by atoms with E-state index in [4.69, 9.17) is 0 Å². The summed E-state index contributed by atoms with van der Waals surface area (Å²) in [5, 5.41) is 16.8. The number of hydrogen-bond acceptors (Lipinski definition) is 5. The molecule has 5 nitrogen and oxygen atoms in total. The molecule has 0 spiro atoms. The summed E-state index contributed by atoms with van der Waals surface area (Å²) in [6, 6.07) is 176. The summed E-state index contributed by atoms with van der Waals surface area (Å²) in [5.74, 6) is 0.0168. The minimum absolute atomic E-state index is 0. The maximum Gasteiger partial charge on any atom is 0.193 e. The van der Waals surface area contributed by atoms with E-state index >= 15 is 0 Å². The maximum atomic E-state index is 13.0. The van der Waals surface area contributed by atoms with E-state index in [-0.39, 0.29) is 32.0 Å². The van der Waals surface area contributed by atoms with Crippen LogP contribution in [0.1, 0.15) is 31.8 Å². The molecular weight excluding hydrogens is 1900 g/mol. The third-order valence-electron chi connectivity index (χ3n) is 19.1. The Morgan fingerprint density at radius 1 is 0.183 bits per heavy atom. The largest absolute Gasteiger partial charge is 0.289 e. The second-order valence-electron chi connectivity index (χ2n) is 27.8. The fourth-order valence-electron chi connectivity index (χ4n) is 13.4. The maximum absolute atomic E-state index is 13.0. The van der Waals surface area contributed by atoms with Gasteiger partial charge in [-0.1, -0.05) is 475 Å². The van der Waals surface area contributed by atoms with Crippen molar-refractivity contribution in [2.75, 3.05) is 0 Å².